The molecule has 20 heavy (non-hydrogen) atoms. The molecular weight excluding hydrogens is 260 g/mol. The van der Waals surface area contributed by atoms with Crippen LogP contribution < -0.4 is 11.3 Å². The van der Waals surface area contributed by atoms with Crippen LogP contribution >= 0.6 is 0 Å². The van der Waals surface area contributed by atoms with Crippen molar-refractivity contribution in [1.29, 1.82) is 0 Å². The number of nitro benzene ring substituents is 1. The molecule has 1 aromatic carbocycles. The smallest absolute Gasteiger partial charge is 0.269 e. The molecule has 1 saturated heterocycles. The Morgan fingerprint density at radius 2 is 2.20 bits per heavy atom. The van der Waals surface area contributed by atoms with Crippen molar-refractivity contribution in [3.63, 3.8) is 0 Å². The summed E-state index contributed by atoms with van der Waals surface area (Å²) in [7, 11) is 2.02. The van der Waals surface area contributed by atoms with E-state index in [1.807, 2.05) is 7.05 Å². The van der Waals surface area contributed by atoms with E-state index in [0.29, 0.717) is 12.6 Å². The number of rotatable bonds is 5. The number of hydrazine groups is 1. The van der Waals surface area contributed by atoms with Crippen molar-refractivity contribution in [2.45, 2.75) is 25.4 Å². The van der Waals surface area contributed by atoms with Gasteiger partial charge in [0.05, 0.1) is 10.6 Å². The van der Waals surface area contributed by atoms with Gasteiger partial charge in [0.1, 0.15) is 0 Å². The number of nitrogen functional groups attached to an aromatic ring is 1. The third-order valence-electron chi connectivity index (χ3n) is 3.69. The number of ether oxygens (including phenoxy) is 1. The quantitative estimate of drug-likeness (QED) is 0.482. The number of non-ortho nitro benzene ring substituents is 1. The number of nitrogens with zero attached hydrogens (tertiary/aromatic N) is 2. The lowest BCUT2D eigenvalue weighted by Crippen LogP contribution is -2.36. The summed E-state index contributed by atoms with van der Waals surface area (Å²) in [6, 6.07) is 5.11. The molecule has 1 aliphatic heterocycles. The van der Waals surface area contributed by atoms with Crippen molar-refractivity contribution in [1.82, 2.24) is 4.90 Å². The van der Waals surface area contributed by atoms with Crippen LogP contribution in [0.5, 0.6) is 0 Å². The van der Waals surface area contributed by atoms with E-state index in [-0.39, 0.29) is 5.69 Å². The Hall–Kier alpha value is -1.70. The molecule has 1 fully saturated rings. The predicted molar refractivity (Wildman–Crippen MR) is 76.2 cm³/mol. The van der Waals surface area contributed by atoms with Gasteiger partial charge >= 0.3 is 0 Å². The largest absolute Gasteiger partial charge is 0.381 e. The molecule has 7 nitrogen and oxygen atoms in total. The molecule has 2 rings (SSSR count). The van der Waals surface area contributed by atoms with Gasteiger partial charge < -0.3 is 10.2 Å². The second-order valence-corrected chi connectivity index (χ2v) is 5.00. The van der Waals surface area contributed by atoms with E-state index >= 15 is 0 Å². The first kappa shape index (κ1) is 14.7. The fraction of sp³-hybridized carbons (Fsp3) is 0.538. The number of hydrogen-bond donors (Lipinski definition) is 2. The molecular formula is C13H20N4O3. The first-order valence-corrected chi connectivity index (χ1v) is 6.63. The molecule has 0 bridgehead atoms. The van der Waals surface area contributed by atoms with Crippen molar-refractivity contribution in [3.8, 4) is 0 Å². The molecule has 0 unspecified atom stereocenters. The first-order chi connectivity index (χ1) is 9.61. The van der Waals surface area contributed by atoms with Gasteiger partial charge in [-0.15, -0.1) is 0 Å². The summed E-state index contributed by atoms with van der Waals surface area (Å²) in [5.41, 5.74) is 4.23. The van der Waals surface area contributed by atoms with E-state index in [1.54, 1.807) is 12.1 Å². The third kappa shape index (κ3) is 3.44. The monoisotopic (exact) mass is 280 g/mol. The zero-order valence-electron chi connectivity index (χ0n) is 11.5. The minimum atomic E-state index is -0.391. The van der Waals surface area contributed by atoms with E-state index in [9.17, 15) is 10.1 Å². The summed E-state index contributed by atoms with van der Waals surface area (Å²) in [5.74, 6) is 5.47. The van der Waals surface area contributed by atoms with Crippen LogP contribution in [0.3, 0.4) is 0 Å². The average molecular weight is 280 g/mol. The second-order valence-electron chi connectivity index (χ2n) is 5.00. The van der Waals surface area contributed by atoms with E-state index in [1.165, 1.54) is 6.07 Å². The molecule has 1 aliphatic rings. The topological polar surface area (TPSA) is 93.7 Å². The normalized spacial score (nSPS) is 16.4. The maximum Gasteiger partial charge on any atom is 0.269 e. The minimum Gasteiger partial charge on any atom is -0.381 e. The molecule has 1 heterocycles. The number of nitrogens with one attached hydrogen (secondary N) is 1. The SMILES string of the molecule is CN(Cc1cc([N+](=O)[O-])ccc1NN)C1CCOCC1. The van der Waals surface area contributed by atoms with Gasteiger partial charge in [-0.05, 0) is 31.5 Å². The van der Waals surface area contributed by atoms with Crippen LogP contribution in [0.4, 0.5) is 11.4 Å². The van der Waals surface area contributed by atoms with Gasteiger partial charge in [0.2, 0.25) is 0 Å². The van der Waals surface area contributed by atoms with E-state index in [2.05, 4.69) is 10.3 Å². The van der Waals surface area contributed by atoms with Crippen LogP contribution in [0.2, 0.25) is 0 Å². The Labute approximate surface area is 117 Å². The van der Waals surface area contributed by atoms with Crippen LogP contribution in [0.25, 0.3) is 0 Å². The Balaban J connectivity index is 2.13. The van der Waals surface area contributed by atoms with Gasteiger partial charge in [-0.1, -0.05) is 0 Å². The molecule has 0 spiro atoms. The maximum absolute atomic E-state index is 10.9. The van der Waals surface area contributed by atoms with Crippen LogP contribution in [0.1, 0.15) is 18.4 Å². The van der Waals surface area contributed by atoms with Gasteiger partial charge in [-0.3, -0.25) is 20.9 Å². The standard InChI is InChI=1S/C13H20N4O3/c1-16(11-4-6-20-7-5-11)9-10-8-12(17(18)19)2-3-13(10)15-14/h2-3,8,11,15H,4-7,9,14H2,1H3. The lowest BCUT2D eigenvalue weighted by atomic mass is 10.1. The van der Waals surface area contributed by atoms with Gasteiger partial charge in [0, 0.05) is 37.9 Å². The minimum absolute atomic E-state index is 0.0828. The lowest BCUT2D eigenvalue weighted by molar-refractivity contribution is -0.384. The summed E-state index contributed by atoms with van der Waals surface area (Å²) in [5, 5.41) is 10.9. The molecule has 110 valence electrons. The summed E-state index contributed by atoms with van der Waals surface area (Å²) in [4.78, 5) is 12.7. The second kappa shape index (κ2) is 6.65. The summed E-state index contributed by atoms with van der Waals surface area (Å²) < 4.78 is 5.35. The van der Waals surface area contributed by atoms with Crippen molar-refractivity contribution in [2.75, 3.05) is 25.7 Å². The molecule has 0 atom stereocenters. The molecule has 3 N–H and O–H groups in total. The van der Waals surface area contributed by atoms with E-state index < -0.39 is 4.92 Å². The highest BCUT2D eigenvalue weighted by molar-refractivity contribution is 5.55. The van der Waals surface area contributed by atoms with Crippen molar-refractivity contribution >= 4 is 11.4 Å². The zero-order chi connectivity index (χ0) is 14.5. The molecule has 0 amide bonds. The molecule has 0 aliphatic carbocycles. The van der Waals surface area contributed by atoms with Crippen molar-refractivity contribution in [3.05, 3.63) is 33.9 Å². The summed E-state index contributed by atoms with van der Waals surface area (Å²) in [6.45, 7) is 2.16. The Kier molecular flexibility index (Phi) is 4.89. The van der Waals surface area contributed by atoms with E-state index in [0.717, 1.165) is 37.3 Å². The summed E-state index contributed by atoms with van der Waals surface area (Å²) in [6.07, 6.45) is 1.97. The maximum atomic E-state index is 10.9. The lowest BCUT2D eigenvalue weighted by Gasteiger charge is -2.31. The van der Waals surface area contributed by atoms with Gasteiger partial charge in [-0.2, -0.15) is 0 Å². The third-order valence-corrected chi connectivity index (χ3v) is 3.69. The first-order valence-electron chi connectivity index (χ1n) is 6.63. The van der Waals surface area contributed by atoms with Gasteiger partial charge in [0.25, 0.3) is 5.69 Å². The predicted octanol–water partition coefficient (Wildman–Crippen LogP) is 1.49. The Bertz CT molecular complexity index is 475. The highest BCUT2D eigenvalue weighted by atomic mass is 16.6. The van der Waals surface area contributed by atoms with Crippen LogP contribution in [-0.4, -0.2) is 36.1 Å². The molecule has 1 aromatic rings. The Morgan fingerprint density at radius 3 is 2.80 bits per heavy atom. The van der Waals surface area contributed by atoms with Crippen LogP contribution in [0.15, 0.2) is 18.2 Å². The van der Waals surface area contributed by atoms with Crippen LogP contribution in [-0.2, 0) is 11.3 Å². The van der Waals surface area contributed by atoms with Crippen molar-refractivity contribution in [2.24, 2.45) is 5.84 Å². The number of nitrogens with two attached hydrogens (primary N) is 1. The highest BCUT2D eigenvalue weighted by Gasteiger charge is 2.20. The van der Waals surface area contributed by atoms with Crippen LogP contribution in [0, 0.1) is 10.1 Å². The molecule has 0 aromatic heterocycles. The Morgan fingerprint density at radius 1 is 1.50 bits per heavy atom. The average Bonchev–Trinajstić information content (AvgIpc) is 2.48. The van der Waals surface area contributed by atoms with Gasteiger partial charge in [0.15, 0.2) is 0 Å². The molecule has 7 heteroatoms. The highest BCUT2D eigenvalue weighted by Crippen LogP contribution is 2.24. The number of nitro groups is 1. The summed E-state index contributed by atoms with van der Waals surface area (Å²) >= 11 is 0. The van der Waals surface area contributed by atoms with Crippen molar-refractivity contribution < 1.29 is 9.66 Å². The number of anilines is 1. The molecule has 0 saturated carbocycles. The number of hydrogen-bond acceptors (Lipinski definition) is 6. The zero-order valence-corrected chi connectivity index (χ0v) is 11.5. The fourth-order valence-electron chi connectivity index (χ4n) is 2.49. The van der Waals surface area contributed by atoms with E-state index in [4.69, 9.17) is 10.6 Å². The fourth-order valence-corrected chi connectivity index (χ4v) is 2.49. The van der Waals surface area contributed by atoms with Gasteiger partial charge in [-0.25, -0.2) is 0 Å². The molecule has 0 radical (unpaired) electrons. The number of benzene rings is 1.